The van der Waals surface area contributed by atoms with Crippen LogP contribution >= 0.6 is 0 Å². The Bertz CT molecular complexity index is 758. The SMILES string of the molecule is COc1cc(CN(C)C(=O)c2c(OC)cccc2OC)cc(OC)c1OC. The van der Waals surface area contributed by atoms with Crippen molar-refractivity contribution in [2.24, 2.45) is 0 Å². The van der Waals surface area contributed by atoms with Crippen molar-refractivity contribution in [3.8, 4) is 28.7 Å². The van der Waals surface area contributed by atoms with Gasteiger partial charge in [0, 0.05) is 13.6 Å². The molecule has 2 rings (SSSR count). The quantitative estimate of drug-likeness (QED) is 0.707. The predicted molar refractivity (Wildman–Crippen MR) is 101 cm³/mol. The smallest absolute Gasteiger partial charge is 0.261 e. The van der Waals surface area contributed by atoms with E-state index in [1.54, 1.807) is 51.5 Å². The lowest BCUT2D eigenvalue weighted by Gasteiger charge is -2.21. The Hall–Kier alpha value is -3.09. The number of rotatable bonds is 8. The van der Waals surface area contributed by atoms with Gasteiger partial charge in [0.1, 0.15) is 17.1 Å². The second-order valence-electron chi connectivity index (χ2n) is 5.73. The minimum absolute atomic E-state index is 0.224. The second kappa shape index (κ2) is 9.02. The van der Waals surface area contributed by atoms with Crippen molar-refractivity contribution in [3.63, 3.8) is 0 Å². The molecule has 0 aliphatic heterocycles. The van der Waals surface area contributed by atoms with Gasteiger partial charge in [-0.3, -0.25) is 4.79 Å². The molecule has 0 aliphatic rings. The van der Waals surface area contributed by atoms with Crippen LogP contribution in [0.3, 0.4) is 0 Å². The first-order valence-electron chi connectivity index (χ1n) is 8.26. The van der Waals surface area contributed by atoms with Crippen molar-refractivity contribution >= 4 is 5.91 Å². The van der Waals surface area contributed by atoms with Gasteiger partial charge in [0.2, 0.25) is 5.75 Å². The van der Waals surface area contributed by atoms with Crippen LogP contribution in [0.25, 0.3) is 0 Å². The standard InChI is InChI=1S/C20H25NO6/c1-21(20(22)18-14(23-2)8-7-9-15(18)24-3)12-13-10-16(25-4)19(27-6)17(11-13)26-5/h7-11H,12H2,1-6H3. The minimum Gasteiger partial charge on any atom is -0.496 e. The topological polar surface area (TPSA) is 66.5 Å². The zero-order chi connectivity index (χ0) is 20.0. The number of hydrogen-bond acceptors (Lipinski definition) is 6. The lowest BCUT2D eigenvalue weighted by atomic mass is 10.1. The number of benzene rings is 2. The van der Waals surface area contributed by atoms with Crippen molar-refractivity contribution < 1.29 is 28.5 Å². The molecule has 0 heterocycles. The molecule has 1 amide bonds. The molecule has 7 nitrogen and oxygen atoms in total. The van der Waals surface area contributed by atoms with Gasteiger partial charge < -0.3 is 28.6 Å². The molecular weight excluding hydrogens is 350 g/mol. The molecule has 0 spiro atoms. The predicted octanol–water partition coefficient (Wildman–Crippen LogP) is 3.00. The number of methoxy groups -OCH3 is 5. The van der Waals surface area contributed by atoms with Crippen LogP contribution in [0.1, 0.15) is 15.9 Å². The highest BCUT2D eigenvalue weighted by Gasteiger charge is 2.22. The molecule has 2 aromatic rings. The fourth-order valence-corrected chi connectivity index (χ4v) is 2.83. The number of carbonyl (C=O) groups excluding carboxylic acids is 1. The van der Waals surface area contributed by atoms with Crippen LogP contribution in [-0.2, 0) is 6.54 Å². The maximum atomic E-state index is 13.0. The number of ether oxygens (including phenoxy) is 5. The van der Waals surface area contributed by atoms with E-state index in [4.69, 9.17) is 23.7 Å². The Morgan fingerprint density at radius 3 is 1.70 bits per heavy atom. The molecule has 0 aliphatic carbocycles. The van der Waals surface area contributed by atoms with Gasteiger partial charge >= 0.3 is 0 Å². The molecule has 0 bridgehead atoms. The van der Waals surface area contributed by atoms with Gasteiger partial charge in [0.15, 0.2) is 11.5 Å². The third kappa shape index (κ3) is 4.19. The number of nitrogens with zero attached hydrogens (tertiary/aromatic N) is 1. The normalized spacial score (nSPS) is 10.1. The van der Waals surface area contributed by atoms with E-state index in [1.165, 1.54) is 14.2 Å². The summed E-state index contributed by atoms with van der Waals surface area (Å²) >= 11 is 0. The van der Waals surface area contributed by atoms with E-state index in [9.17, 15) is 4.79 Å². The van der Waals surface area contributed by atoms with Gasteiger partial charge in [0.25, 0.3) is 5.91 Å². The summed E-state index contributed by atoms with van der Waals surface area (Å²) in [5.41, 5.74) is 1.20. The third-order valence-corrected chi connectivity index (χ3v) is 4.13. The molecule has 2 aromatic carbocycles. The average molecular weight is 375 g/mol. The van der Waals surface area contributed by atoms with Crippen LogP contribution in [0.2, 0.25) is 0 Å². The zero-order valence-electron chi connectivity index (χ0n) is 16.5. The lowest BCUT2D eigenvalue weighted by Crippen LogP contribution is -2.27. The van der Waals surface area contributed by atoms with E-state index in [2.05, 4.69) is 0 Å². The molecule has 0 radical (unpaired) electrons. The van der Waals surface area contributed by atoms with Crippen molar-refractivity contribution in [1.29, 1.82) is 0 Å². The molecule has 0 atom stereocenters. The van der Waals surface area contributed by atoms with E-state index < -0.39 is 0 Å². The van der Waals surface area contributed by atoms with Gasteiger partial charge in [-0.2, -0.15) is 0 Å². The summed E-state index contributed by atoms with van der Waals surface area (Å²) in [6.07, 6.45) is 0. The fourth-order valence-electron chi connectivity index (χ4n) is 2.83. The third-order valence-electron chi connectivity index (χ3n) is 4.13. The Balaban J connectivity index is 2.35. The Morgan fingerprint density at radius 2 is 1.30 bits per heavy atom. The van der Waals surface area contributed by atoms with Crippen LogP contribution in [0, 0.1) is 0 Å². The largest absolute Gasteiger partial charge is 0.496 e. The monoisotopic (exact) mass is 375 g/mol. The Morgan fingerprint density at radius 1 is 0.815 bits per heavy atom. The van der Waals surface area contributed by atoms with E-state index >= 15 is 0 Å². The van der Waals surface area contributed by atoms with Crippen LogP contribution < -0.4 is 23.7 Å². The lowest BCUT2D eigenvalue weighted by molar-refractivity contribution is 0.0778. The molecule has 0 saturated carbocycles. The van der Waals surface area contributed by atoms with Gasteiger partial charge in [0.05, 0.1) is 35.5 Å². The first-order chi connectivity index (χ1) is 13.0. The molecule has 0 aromatic heterocycles. The molecule has 27 heavy (non-hydrogen) atoms. The Labute approximate surface area is 159 Å². The van der Waals surface area contributed by atoms with Crippen LogP contribution in [0.4, 0.5) is 0 Å². The molecule has 0 saturated heterocycles. The summed E-state index contributed by atoms with van der Waals surface area (Å²) in [7, 11) is 9.39. The Kier molecular flexibility index (Phi) is 6.76. The molecule has 0 unspecified atom stereocenters. The molecule has 0 N–H and O–H groups in total. The highest BCUT2D eigenvalue weighted by atomic mass is 16.5. The van der Waals surface area contributed by atoms with Crippen molar-refractivity contribution in [1.82, 2.24) is 4.90 Å². The molecular formula is C20H25NO6. The summed E-state index contributed by atoms with van der Waals surface area (Å²) in [6.45, 7) is 0.330. The van der Waals surface area contributed by atoms with Crippen LogP contribution in [0.15, 0.2) is 30.3 Å². The molecule has 0 fully saturated rings. The van der Waals surface area contributed by atoms with Crippen LogP contribution in [0.5, 0.6) is 28.7 Å². The van der Waals surface area contributed by atoms with Crippen LogP contribution in [-0.4, -0.2) is 53.4 Å². The number of hydrogen-bond donors (Lipinski definition) is 0. The van der Waals surface area contributed by atoms with Crippen molar-refractivity contribution in [2.45, 2.75) is 6.54 Å². The fraction of sp³-hybridized carbons (Fsp3) is 0.350. The van der Waals surface area contributed by atoms with E-state index in [0.29, 0.717) is 40.9 Å². The zero-order valence-corrected chi connectivity index (χ0v) is 16.5. The average Bonchev–Trinajstić information content (AvgIpc) is 2.71. The summed E-state index contributed by atoms with van der Waals surface area (Å²) in [5, 5.41) is 0. The van der Waals surface area contributed by atoms with E-state index in [-0.39, 0.29) is 5.91 Å². The summed E-state index contributed by atoms with van der Waals surface area (Å²) in [5.74, 6) is 2.25. The minimum atomic E-state index is -0.224. The maximum absolute atomic E-state index is 13.0. The highest BCUT2D eigenvalue weighted by molar-refractivity contribution is 5.99. The summed E-state index contributed by atoms with van der Waals surface area (Å²) in [4.78, 5) is 14.6. The van der Waals surface area contributed by atoms with Gasteiger partial charge in [-0.1, -0.05) is 6.07 Å². The van der Waals surface area contributed by atoms with E-state index in [1.807, 2.05) is 12.1 Å². The first kappa shape index (κ1) is 20.2. The first-order valence-corrected chi connectivity index (χ1v) is 8.26. The highest BCUT2D eigenvalue weighted by Crippen LogP contribution is 2.38. The molecule has 7 heteroatoms. The summed E-state index contributed by atoms with van der Waals surface area (Å²) in [6, 6.07) is 8.84. The van der Waals surface area contributed by atoms with Crippen molar-refractivity contribution in [2.75, 3.05) is 42.6 Å². The van der Waals surface area contributed by atoms with E-state index in [0.717, 1.165) is 5.56 Å². The van der Waals surface area contributed by atoms with Gasteiger partial charge in [-0.05, 0) is 29.8 Å². The number of carbonyl (C=O) groups is 1. The second-order valence-corrected chi connectivity index (χ2v) is 5.73. The molecule has 146 valence electrons. The van der Waals surface area contributed by atoms with Gasteiger partial charge in [-0.15, -0.1) is 0 Å². The van der Waals surface area contributed by atoms with Crippen molar-refractivity contribution in [3.05, 3.63) is 41.5 Å². The maximum Gasteiger partial charge on any atom is 0.261 e. The van der Waals surface area contributed by atoms with Gasteiger partial charge in [-0.25, -0.2) is 0 Å². The summed E-state index contributed by atoms with van der Waals surface area (Å²) < 4.78 is 26.7. The number of amides is 1.